The summed E-state index contributed by atoms with van der Waals surface area (Å²) in [6, 6.07) is 3.28. The number of hydrogen-bond donors (Lipinski definition) is 1. The Bertz CT molecular complexity index is 500. The van der Waals surface area contributed by atoms with Crippen LogP contribution in [-0.2, 0) is 0 Å². The van der Waals surface area contributed by atoms with Crippen LogP contribution in [0.15, 0.2) is 30.6 Å². The van der Waals surface area contributed by atoms with Crippen LogP contribution < -0.4 is 5.73 Å². The Morgan fingerprint density at radius 3 is 2.40 bits per heavy atom. The molecular weight excluding hydrogens is 200 g/mol. The van der Waals surface area contributed by atoms with E-state index in [0.717, 1.165) is 12.1 Å². The van der Waals surface area contributed by atoms with Crippen molar-refractivity contribution < 1.29 is 8.78 Å². The Morgan fingerprint density at radius 1 is 1.00 bits per heavy atom. The van der Waals surface area contributed by atoms with E-state index in [4.69, 9.17) is 5.73 Å². The van der Waals surface area contributed by atoms with E-state index in [-0.39, 0.29) is 5.56 Å². The summed E-state index contributed by atoms with van der Waals surface area (Å²) in [4.78, 5) is 0. The molecule has 0 saturated carbocycles. The number of benzene rings is 1. The van der Waals surface area contributed by atoms with Crippen LogP contribution in [0.1, 0.15) is 0 Å². The van der Waals surface area contributed by atoms with Gasteiger partial charge in [0.2, 0.25) is 0 Å². The molecule has 0 atom stereocenters. The summed E-state index contributed by atoms with van der Waals surface area (Å²) < 4.78 is 26.0. The van der Waals surface area contributed by atoms with E-state index in [1.807, 2.05) is 0 Å². The van der Waals surface area contributed by atoms with Gasteiger partial charge in [0, 0.05) is 17.2 Å². The van der Waals surface area contributed by atoms with Gasteiger partial charge in [0.15, 0.2) is 0 Å². The molecule has 0 aliphatic carbocycles. The van der Waals surface area contributed by atoms with Gasteiger partial charge in [-0.25, -0.2) is 8.78 Å². The van der Waals surface area contributed by atoms with Crippen molar-refractivity contribution in [2.45, 2.75) is 0 Å². The van der Waals surface area contributed by atoms with Crippen molar-refractivity contribution in [1.29, 1.82) is 0 Å². The number of halogens is 2. The lowest BCUT2D eigenvalue weighted by atomic mass is 10.1. The molecule has 0 amide bonds. The predicted octanol–water partition coefficient (Wildman–Crippen LogP) is 2.00. The van der Waals surface area contributed by atoms with E-state index in [1.165, 1.54) is 18.5 Å². The van der Waals surface area contributed by atoms with Gasteiger partial charge in [-0.2, -0.15) is 10.2 Å². The van der Waals surface area contributed by atoms with Crippen molar-refractivity contribution in [2.75, 3.05) is 5.73 Å². The monoisotopic (exact) mass is 207 g/mol. The smallest absolute Gasteiger partial charge is 0.134 e. The largest absolute Gasteiger partial charge is 0.397 e. The molecule has 0 fully saturated rings. The van der Waals surface area contributed by atoms with Gasteiger partial charge in [-0.3, -0.25) is 0 Å². The van der Waals surface area contributed by atoms with E-state index in [9.17, 15) is 8.78 Å². The first-order valence-corrected chi connectivity index (χ1v) is 4.20. The first-order chi connectivity index (χ1) is 7.18. The fourth-order valence-corrected chi connectivity index (χ4v) is 1.26. The molecule has 15 heavy (non-hydrogen) atoms. The highest BCUT2D eigenvalue weighted by atomic mass is 19.1. The minimum Gasteiger partial charge on any atom is -0.397 e. The lowest BCUT2D eigenvalue weighted by Gasteiger charge is -2.05. The molecule has 5 heteroatoms. The Kier molecular flexibility index (Phi) is 2.29. The Hall–Kier alpha value is -2.04. The highest BCUT2D eigenvalue weighted by Gasteiger charge is 2.09. The molecular formula is C10H7F2N3. The van der Waals surface area contributed by atoms with Crippen molar-refractivity contribution in [3.8, 4) is 11.1 Å². The zero-order chi connectivity index (χ0) is 10.8. The fourth-order valence-electron chi connectivity index (χ4n) is 1.26. The highest BCUT2D eigenvalue weighted by molar-refractivity contribution is 5.74. The molecule has 3 nitrogen and oxygen atoms in total. The van der Waals surface area contributed by atoms with Gasteiger partial charge in [0.1, 0.15) is 11.6 Å². The van der Waals surface area contributed by atoms with E-state index >= 15 is 0 Å². The second-order valence-electron chi connectivity index (χ2n) is 2.98. The topological polar surface area (TPSA) is 51.8 Å². The zero-order valence-corrected chi connectivity index (χ0v) is 7.61. The average Bonchev–Trinajstić information content (AvgIpc) is 2.20. The second-order valence-corrected chi connectivity index (χ2v) is 2.98. The lowest BCUT2D eigenvalue weighted by molar-refractivity contribution is 0.585. The lowest BCUT2D eigenvalue weighted by Crippen LogP contribution is -1.95. The molecule has 2 aromatic rings. The van der Waals surface area contributed by atoms with Gasteiger partial charge in [-0.05, 0) is 12.1 Å². The summed E-state index contributed by atoms with van der Waals surface area (Å²) in [5.41, 5.74) is 6.51. The van der Waals surface area contributed by atoms with Crippen LogP contribution in [0.5, 0.6) is 0 Å². The quantitative estimate of drug-likeness (QED) is 0.778. The molecule has 1 heterocycles. The Balaban J connectivity index is 2.60. The number of nitrogens with two attached hydrogens (primary N) is 1. The van der Waals surface area contributed by atoms with Crippen molar-refractivity contribution in [1.82, 2.24) is 10.2 Å². The van der Waals surface area contributed by atoms with E-state index in [2.05, 4.69) is 10.2 Å². The van der Waals surface area contributed by atoms with Crippen LogP contribution in [0.25, 0.3) is 11.1 Å². The molecule has 0 bridgehead atoms. The molecule has 1 aromatic heterocycles. The first-order valence-electron chi connectivity index (χ1n) is 4.20. The molecule has 0 unspecified atom stereocenters. The molecule has 1 aromatic carbocycles. The number of anilines is 1. The minimum absolute atomic E-state index is 0.212. The molecule has 0 aliphatic heterocycles. The van der Waals surface area contributed by atoms with Crippen LogP contribution >= 0.6 is 0 Å². The molecule has 0 aliphatic rings. The van der Waals surface area contributed by atoms with Gasteiger partial charge >= 0.3 is 0 Å². The van der Waals surface area contributed by atoms with E-state index < -0.39 is 11.6 Å². The zero-order valence-electron chi connectivity index (χ0n) is 7.61. The Labute approximate surface area is 84.6 Å². The van der Waals surface area contributed by atoms with Gasteiger partial charge in [-0.1, -0.05) is 0 Å². The summed E-state index contributed by atoms with van der Waals surface area (Å²) in [5.74, 6) is -1.30. The SMILES string of the molecule is Nc1cnncc1-c1ccc(F)cc1F. The molecule has 0 spiro atoms. The van der Waals surface area contributed by atoms with Crippen LogP contribution in [-0.4, -0.2) is 10.2 Å². The third kappa shape index (κ3) is 1.76. The maximum absolute atomic E-state index is 13.4. The average molecular weight is 207 g/mol. The molecule has 0 saturated heterocycles. The second kappa shape index (κ2) is 3.61. The fraction of sp³-hybridized carbons (Fsp3) is 0. The third-order valence-electron chi connectivity index (χ3n) is 1.98. The summed E-state index contributed by atoms with van der Waals surface area (Å²) in [6.45, 7) is 0. The number of aromatic nitrogens is 2. The van der Waals surface area contributed by atoms with Gasteiger partial charge < -0.3 is 5.73 Å². The summed E-state index contributed by atoms with van der Waals surface area (Å²) in [6.07, 6.45) is 2.66. The third-order valence-corrected chi connectivity index (χ3v) is 1.98. The molecule has 2 N–H and O–H groups in total. The predicted molar refractivity (Wildman–Crippen MR) is 51.8 cm³/mol. The van der Waals surface area contributed by atoms with Gasteiger partial charge in [-0.15, -0.1) is 0 Å². The molecule has 2 rings (SSSR count). The van der Waals surface area contributed by atoms with Crippen molar-refractivity contribution >= 4 is 5.69 Å². The van der Waals surface area contributed by atoms with Gasteiger partial charge in [0.05, 0.1) is 18.1 Å². The van der Waals surface area contributed by atoms with Crippen LogP contribution in [0.3, 0.4) is 0 Å². The van der Waals surface area contributed by atoms with Crippen molar-refractivity contribution in [2.24, 2.45) is 0 Å². The summed E-state index contributed by atoms with van der Waals surface area (Å²) in [5, 5.41) is 7.14. The maximum Gasteiger partial charge on any atom is 0.134 e. The molecule has 76 valence electrons. The summed E-state index contributed by atoms with van der Waals surface area (Å²) in [7, 11) is 0. The number of hydrogen-bond acceptors (Lipinski definition) is 3. The van der Waals surface area contributed by atoms with Gasteiger partial charge in [0.25, 0.3) is 0 Å². The standard InChI is InChI=1S/C10H7F2N3/c11-6-1-2-7(9(12)3-6)8-4-14-15-5-10(8)13/h1-5H,(H2,13,14). The minimum atomic E-state index is -0.672. The normalized spacial score (nSPS) is 10.3. The number of rotatable bonds is 1. The number of nitrogen functional groups attached to an aromatic ring is 1. The maximum atomic E-state index is 13.4. The Morgan fingerprint density at radius 2 is 1.73 bits per heavy atom. The number of nitrogens with zero attached hydrogens (tertiary/aromatic N) is 2. The van der Waals surface area contributed by atoms with E-state index in [0.29, 0.717) is 11.3 Å². The van der Waals surface area contributed by atoms with Crippen molar-refractivity contribution in [3.63, 3.8) is 0 Å². The van der Waals surface area contributed by atoms with Crippen molar-refractivity contribution in [3.05, 3.63) is 42.2 Å². The molecule has 0 radical (unpaired) electrons. The summed E-state index contributed by atoms with van der Waals surface area (Å²) >= 11 is 0. The first kappa shape index (κ1) is 9.51. The highest BCUT2D eigenvalue weighted by Crippen LogP contribution is 2.26. The van der Waals surface area contributed by atoms with Crippen LogP contribution in [0.4, 0.5) is 14.5 Å². The van der Waals surface area contributed by atoms with Crippen LogP contribution in [0.2, 0.25) is 0 Å². The van der Waals surface area contributed by atoms with Crippen LogP contribution in [0, 0.1) is 11.6 Å². The van der Waals surface area contributed by atoms with E-state index in [1.54, 1.807) is 0 Å².